The molecule has 0 saturated heterocycles. The monoisotopic (exact) mass is 484 g/mol. The van der Waals surface area contributed by atoms with Crippen LogP contribution in [0.5, 0.6) is 0 Å². The van der Waals surface area contributed by atoms with E-state index in [-0.39, 0.29) is 29.1 Å². The fraction of sp³-hybridized carbons (Fsp3) is 0.385. The number of carbonyl (C=O) groups is 2. The van der Waals surface area contributed by atoms with Crippen LogP contribution < -0.4 is 5.32 Å². The van der Waals surface area contributed by atoms with Crippen LogP contribution in [-0.2, 0) is 25.8 Å². The van der Waals surface area contributed by atoms with Gasteiger partial charge in [0.05, 0.1) is 17.1 Å². The highest BCUT2D eigenvalue weighted by Gasteiger charge is 2.23. The van der Waals surface area contributed by atoms with E-state index in [4.69, 9.17) is 4.74 Å². The summed E-state index contributed by atoms with van der Waals surface area (Å²) in [5, 5.41) is 2.87. The maximum Gasteiger partial charge on any atom is 0.414 e. The molecule has 2 aromatic rings. The number of nitrogens with one attached hydrogen (secondary N) is 1. The first kappa shape index (κ1) is 25.5. The molecule has 34 heavy (non-hydrogen) atoms. The Labute approximate surface area is 201 Å². The number of hydrogen-bond donors (Lipinski definition) is 1. The number of sulfone groups is 1. The Hall–Kier alpha value is -3.13. The first-order chi connectivity index (χ1) is 16.0. The van der Waals surface area contributed by atoms with Gasteiger partial charge in [0.1, 0.15) is 5.60 Å². The van der Waals surface area contributed by atoms with Crippen LogP contribution in [0.1, 0.15) is 51.7 Å². The summed E-state index contributed by atoms with van der Waals surface area (Å²) in [6.07, 6.45) is 3.34. The molecule has 0 spiro atoms. The van der Waals surface area contributed by atoms with Crippen molar-refractivity contribution < 1.29 is 22.7 Å². The average molecular weight is 485 g/mol. The number of anilines is 1. The van der Waals surface area contributed by atoms with Crippen LogP contribution in [0.3, 0.4) is 0 Å². The predicted octanol–water partition coefficient (Wildman–Crippen LogP) is 5.03. The first-order valence-corrected chi connectivity index (χ1v) is 13.0. The Bertz CT molecular complexity index is 1160. The van der Waals surface area contributed by atoms with Crippen molar-refractivity contribution in [3.05, 3.63) is 65.9 Å². The SMILES string of the molecule is CCS(=O)(=O)c1ccc(CC(=O)Nc2ccc(C3=CN(C(=O)OC(C)(C)C)CCC3)cc2)cc1. The van der Waals surface area contributed by atoms with E-state index in [0.717, 1.165) is 29.5 Å². The Kier molecular flexibility index (Phi) is 7.82. The summed E-state index contributed by atoms with van der Waals surface area (Å²) < 4.78 is 29.3. The van der Waals surface area contributed by atoms with Crippen LogP contribution in [0.4, 0.5) is 10.5 Å². The lowest BCUT2D eigenvalue weighted by Gasteiger charge is -2.28. The normalized spacial score (nSPS) is 14.4. The van der Waals surface area contributed by atoms with Crippen molar-refractivity contribution in [2.24, 2.45) is 0 Å². The van der Waals surface area contributed by atoms with E-state index >= 15 is 0 Å². The lowest BCUT2D eigenvalue weighted by atomic mass is 9.99. The van der Waals surface area contributed by atoms with Crippen molar-refractivity contribution in [2.75, 3.05) is 17.6 Å². The zero-order valence-electron chi connectivity index (χ0n) is 20.1. The summed E-state index contributed by atoms with van der Waals surface area (Å²) in [6, 6.07) is 13.9. The molecule has 0 aromatic heterocycles. The fourth-order valence-corrected chi connectivity index (χ4v) is 4.46. The molecule has 0 unspecified atom stereocenters. The smallest absolute Gasteiger partial charge is 0.414 e. The Morgan fingerprint density at radius 1 is 1.03 bits per heavy atom. The second kappa shape index (κ2) is 10.4. The second-order valence-electron chi connectivity index (χ2n) is 9.28. The van der Waals surface area contributed by atoms with Crippen LogP contribution in [-0.4, -0.2) is 43.2 Å². The standard InChI is InChI=1S/C26H32N2O5S/c1-5-34(31,32)23-14-8-19(9-15-23)17-24(29)27-22-12-10-20(11-13-22)21-7-6-16-28(18-21)25(30)33-26(2,3)4/h8-15,18H,5-7,16-17H2,1-4H3,(H,27,29). The van der Waals surface area contributed by atoms with Crippen LogP contribution >= 0.6 is 0 Å². The predicted molar refractivity (Wildman–Crippen MR) is 133 cm³/mol. The Morgan fingerprint density at radius 3 is 2.26 bits per heavy atom. The average Bonchev–Trinajstić information content (AvgIpc) is 2.79. The lowest BCUT2D eigenvalue weighted by molar-refractivity contribution is -0.115. The van der Waals surface area contributed by atoms with E-state index in [1.807, 2.05) is 51.2 Å². The zero-order chi connectivity index (χ0) is 24.9. The van der Waals surface area contributed by atoms with Gasteiger partial charge in [-0.05, 0) is 74.6 Å². The van der Waals surface area contributed by atoms with Gasteiger partial charge in [0.2, 0.25) is 5.91 Å². The van der Waals surface area contributed by atoms with Crippen molar-refractivity contribution in [3.63, 3.8) is 0 Å². The third-order valence-corrected chi connectivity index (χ3v) is 7.10. The molecule has 0 aliphatic carbocycles. The zero-order valence-corrected chi connectivity index (χ0v) is 20.9. The van der Waals surface area contributed by atoms with E-state index < -0.39 is 15.4 Å². The van der Waals surface area contributed by atoms with E-state index in [0.29, 0.717) is 12.2 Å². The van der Waals surface area contributed by atoms with Crippen LogP contribution in [0, 0.1) is 0 Å². The van der Waals surface area contributed by atoms with Crippen molar-refractivity contribution in [3.8, 4) is 0 Å². The molecule has 0 bridgehead atoms. The molecular formula is C26H32N2O5S. The third-order valence-electron chi connectivity index (χ3n) is 5.35. The number of allylic oxidation sites excluding steroid dienone is 1. The van der Waals surface area contributed by atoms with E-state index in [1.54, 1.807) is 24.0 Å². The number of nitrogens with zero attached hydrogens (tertiary/aromatic N) is 1. The quantitative estimate of drug-likeness (QED) is 0.621. The van der Waals surface area contributed by atoms with Gasteiger partial charge in [0.15, 0.2) is 9.84 Å². The fourth-order valence-electron chi connectivity index (χ4n) is 3.58. The number of hydrogen-bond acceptors (Lipinski definition) is 5. The second-order valence-corrected chi connectivity index (χ2v) is 11.6. The Morgan fingerprint density at radius 2 is 1.68 bits per heavy atom. The van der Waals surface area contributed by atoms with Crippen molar-refractivity contribution >= 4 is 33.1 Å². The highest BCUT2D eigenvalue weighted by molar-refractivity contribution is 7.91. The third kappa shape index (κ3) is 6.93. The molecular weight excluding hydrogens is 452 g/mol. The van der Waals surface area contributed by atoms with Gasteiger partial charge < -0.3 is 10.1 Å². The molecule has 3 rings (SSSR count). The molecule has 0 saturated carbocycles. The highest BCUT2D eigenvalue weighted by atomic mass is 32.2. The van der Waals surface area contributed by atoms with Gasteiger partial charge in [0.25, 0.3) is 0 Å². The highest BCUT2D eigenvalue weighted by Crippen LogP contribution is 2.27. The number of carbonyl (C=O) groups excluding carboxylic acids is 2. The van der Waals surface area contributed by atoms with Crippen LogP contribution in [0.15, 0.2) is 59.6 Å². The molecule has 8 heteroatoms. The molecule has 1 aliphatic rings. The van der Waals surface area contributed by atoms with Gasteiger partial charge in [-0.1, -0.05) is 31.2 Å². The molecule has 2 amide bonds. The van der Waals surface area contributed by atoms with Crippen molar-refractivity contribution in [2.45, 2.75) is 57.5 Å². The minimum absolute atomic E-state index is 0.0404. The van der Waals surface area contributed by atoms with Crippen LogP contribution in [0.2, 0.25) is 0 Å². The molecule has 182 valence electrons. The first-order valence-electron chi connectivity index (χ1n) is 11.4. The minimum Gasteiger partial charge on any atom is -0.443 e. The molecule has 0 atom stereocenters. The molecule has 2 aromatic carbocycles. The molecule has 1 N–H and O–H groups in total. The minimum atomic E-state index is -3.26. The number of ether oxygens (including phenoxy) is 1. The number of amides is 2. The summed E-state index contributed by atoms with van der Waals surface area (Å²) in [5.74, 6) is -0.148. The molecule has 0 fully saturated rings. The number of rotatable bonds is 6. The van der Waals surface area contributed by atoms with Gasteiger partial charge in [-0.3, -0.25) is 9.69 Å². The summed E-state index contributed by atoms with van der Waals surface area (Å²) in [5.41, 5.74) is 2.88. The summed E-state index contributed by atoms with van der Waals surface area (Å²) in [7, 11) is -3.26. The van der Waals surface area contributed by atoms with Gasteiger partial charge in [-0.25, -0.2) is 13.2 Å². The summed E-state index contributed by atoms with van der Waals surface area (Å²) >= 11 is 0. The van der Waals surface area contributed by atoms with Crippen LogP contribution in [0.25, 0.3) is 5.57 Å². The molecule has 1 heterocycles. The Balaban J connectivity index is 1.61. The topological polar surface area (TPSA) is 92.8 Å². The summed E-state index contributed by atoms with van der Waals surface area (Å²) in [4.78, 5) is 26.7. The molecule has 0 radical (unpaired) electrons. The molecule has 7 nitrogen and oxygen atoms in total. The van der Waals surface area contributed by atoms with E-state index in [1.165, 1.54) is 12.1 Å². The summed E-state index contributed by atoms with van der Waals surface area (Å²) in [6.45, 7) is 7.76. The van der Waals surface area contributed by atoms with Crippen molar-refractivity contribution in [1.29, 1.82) is 0 Å². The maximum atomic E-state index is 12.4. The van der Waals surface area contributed by atoms with Gasteiger partial charge in [-0.15, -0.1) is 0 Å². The largest absolute Gasteiger partial charge is 0.443 e. The van der Waals surface area contributed by atoms with E-state index in [9.17, 15) is 18.0 Å². The molecule has 1 aliphatic heterocycles. The van der Waals surface area contributed by atoms with E-state index in [2.05, 4.69) is 5.32 Å². The van der Waals surface area contributed by atoms with Gasteiger partial charge in [0, 0.05) is 18.4 Å². The maximum absolute atomic E-state index is 12.4. The van der Waals surface area contributed by atoms with Gasteiger partial charge >= 0.3 is 6.09 Å². The number of benzene rings is 2. The lowest BCUT2D eigenvalue weighted by Crippen LogP contribution is -2.35. The van der Waals surface area contributed by atoms with Crippen molar-refractivity contribution in [1.82, 2.24) is 4.90 Å². The van der Waals surface area contributed by atoms with Gasteiger partial charge in [-0.2, -0.15) is 0 Å².